The smallest absolute Gasteiger partial charge is 0.222 e. The van der Waals surface area contributed by atoms with Crippen molar-refractivity contribution in [2.45, 2.75) is 19.4 Å². The molecule has 4 heteroatoms. The molecule has 1 unspecified atom stereocenters. The first-order valence-electron chi connectivity index (χ1n) is 4.96. The van der Waals surface area contributed by atoms with Gasteiger partial charge in [-0.3, -0.25) is 4.79 Å². The highest BCUT2D eigenvalue weighted by atomic mass is 16.5. The van der Waals surface area contributed by atoms with E-state index in [0.717, 1.165) is 5.56 Å². The molecule has 15 heavy (non-hydrogen) atoms. The largest absolute Gasteiger partial charge is 0.504 e. The predicted molar refractivity (Wildman–Crippen MR) is 54.8 cm³/mol. The highest BCUT2D eigenvalue weighted by Gasteiger charge is 2.29. The first kappa shape index (κ1) is 9.83. The van der Waals surface area contributed by atoms with E-state index >= 15 is 0 Å². The monoisotopic (exact) mass is 207 g/mol. The van der Waals surface area contributed by atoms with E-state index in [2.05, 4.69) is 5.32 Å². The number of benzene rings is 1. The SMILES string of the molecule is CCOc1cccc(C2CC(=O)N2)c1O. The number of ether oxygens (including phenoxy) is 1. The topological polar surface area (TPSA) is 58.6 Å². The van der Waals surface area contributed by atoms with Crippen molar-refractivity contribution in [3.63, 3.8) is 0 Å². The summed E-state index contributed by atoms with van der Waals surface area (Å²) in [4.78, 5) is 10.8. The summed E-state index contributed by atoms with van der Waals surface area (Å²) in [6, 6.07) is 5.24. The third-order valence-corrected chi connectivity index (χ3v) is 2.43. The fourth-order valence-electron chi connectivity index (χ4n) is 1.64. The van der Waals surface area contributed by atoms with Crippen molar-refractivity contribution >= 4 is 5.91 Å². The van der Waals surface area contributed by atoms with Crippen LogP contribution in [0, 0.1) is 0 Å². The second-order valence-electron chi connectivity index (χ2n) is 3.45. The second kappa shape index (κ2) is 3.81. The number of phenols is 1. The summed E-state index contributed by atoms with van der Waals surface area (Å²) in [6.45, 7) is 2.37. The summed E-state index contributed by atoms with van der Waals surface area (Å²) in [5, 5.41) is 12.6. The zero-order chi connectivity index (χ0) is 10.8. The molecule has 80 valence electrons. The number of hydrogen-bond acceptors (Lipinski definition) is 3. The molecule has 1 heterocycles. The van der Waals surface area contributed by atoms with Crippen LogP contribution in [0.1, 0.15) is 24.9 Å². The minimum atomic E-state index is -0.0714. The molecule has 1 aromatic carbocycles. The third kappa shape index (κ3) is 1.75. The van der Waals surface area contributed by atoms with Gasteiger partial charge >= 0.3 is 0 Å². The Labute approximate surface area is 87.9 Å². The number of hydrogen-bond donors (Lipinski definition) is 2. The van der Waals surface area contributed by atoms with Crippen molar-refractivity contribution < 1.29 is 14.6 Å². The Morgan fingerprint density at radius 1 is 1.60 bits per heavy atom. The fourth-order valence-corrected chi connectivity index (χ4v) is 1.64. The van der Waals surface area contributed by atoms with Crippen LogP contribution < -0.4 is 10.1 Å². The zero-order valence-electron chi connectivity index (χ0n) is 8.49. The average molecular weight is 207 g/mol. The van der Waals surface area contributed by atoms with Gasteiger partial charge in [0.1, 0.15) is 0 Å². The van der Waals surface area contributed by atoms with Gasteiger partial charge in [-0.1, -0.05) is 12.1 Å². The molecule has 0 bridgehead atoms. The van der Waals surface area contributed by atoms with Gasteiger partial charge in [0.2, 0.25) is 5.91 Å². The van der Waals surface area contributed by atoms with Crippen molar-refractivity contribution in [1.29, 1.82) is 0 Å². The van der Waals surface area contributed by atoms with Gasteiger partial charge in [-0.25, -0.2) is 0 Å². The number of β-lactam (4-membered cyclic amide) rings is 1. The van der Waals surface area contributed by atoms with Crippen molar-refractivity contribution in [2.75, 3.05) is 6.61 Å². The van der Waals surface area contributed by atoms with E-state index in [9.17, 15) is 9.90 Å². The molecule has 0 radical (unpaired) electrons. The van der Waals surface area contributed by atoms with Gasteiger partial charge in [0.25, 0.3) is 0 Å². The van der Waals surface area contributed by atoms with Crippen LogP contribution >= 0.6 is 0 Å². The molecule has 1 aliphatic rings. The number of rotatable bonds is 3. The number of amides is 1. The Morgan fingerprint density at radius 2 is 2.33 bits per heavy atom. The standard InChI is InChI=1S/C11H13NO3/c1-2-15-9-5-3-4-7(11(9)14)8-6-10(13)12-8/h3-5,8,14H,2,6H2,1H3,(H,12,13). The van der Waals surface area contributed by atoms with Crippen molar-refractivity contribution in [3.05, 3.63) is 23.8 Å². The summed E-state index contributed by atoms with van der Waals surface area (Å²) < 4.78 is 5.26. The molecular weight excluding hydrogens is 194 g/mol. The second-order valence-corrected chi connectivity index (χ2v) is 3.45. The summed E-state index contributed by atoms with van der Waals surface area (Å²) in [5.74, 6) is 0.613. The molecule has 0 aromatic heterocycles. The van der Waals surface area contributed by atoms with E-state index in [1.54, 1.807) is 12.1 Å². The lowest BCUT2D eigenvalue weighted by molar-refractivity contribution is -0.128. The van der Waals surface area contributed by atoms with Crippen LogP contribution in [0.15, 0.2) is 18.2 Å². The van der Waals surface area contributed by atoms with Crippen LogP contribution in [0.25, 0.3) is 0 Å². The Morgan fingerprint density at radius 3 is 2.93 bits per heavy atom. The number of aromatic hydroxyl groups is 1. The van der Waals surface area contributed by atoms with E-state index in [0.29, 0.717) is 18.8 Å². The van der Waals surface area contributed by atoms with Gasteiger partial charge in [-0.15, -0.1) is 0 Å². The van der Waals surface area contributed by atoms with Gasteiger partial charge in [0.15, 0.2) is 11.5 Å². The van der Waals surface area contributed by atoms with Crippen molar-refractivity contribution in [2.24, 2.45) is 0 Å². The molecule has 1 saturated heterocycles. The molecule has 1 aromatic rings. The van der Waals surface area contributed by atoms with Crippen molar-refractivity contribution in [1.82, 2.24) is 5.32 Å². The van der Waals surface area contributed by atoms with Gasteiger partial charge in [0.05, 0.1) is 19.1 Å². The zero-order valence-corrected chi connectivity index (χ0v) is 8.49. The van der Waals surface area contributed by atoms with Gasteiger partial charge in [-0.05, 0) is 13.0 Å². The number of phenolic OH excluding ortho intramolecular Hbond substituents is 1. The Balaban J connectivity index is 2.24. The molecule has 2 N–H and O–H groups in total. The van der Waals surface area contributed by atoms with Crippen LogP contribution in [-0.2, 0) is 4.79 Å². The van der Waals surface area contributed by atoms with Crippen molar-refractivity contribution in [3.8, 4) is 11.5 Å². The third-order valence-electron chi connectivity index (χ3n) is 2.43. The summed E-state index contributed by atoms with van der Waals surface area (Å²) in [6.07, 6.45) is 0.434. The average Bonchev–Trinajstić information content (AvgIpc) is 2.17. The normalized spacial score (nSPS) is 19.3. The molecule has 2 rings (SSSR count). The van der Waals surface area contributed by atoms with Gasteiger partial charge in [-0.2, -0.15) is 0 Å². The molecule has 1 fully saturated rings. The highest BCUT2D eigenvalue weighted by molar-refractivity contribution is 5.83. The molecule has 1 atom stereocenters. The maximum Gasteiger partial charge on any atom is 0.222 e. The quantitative estimate of drug-likeness (QED) is 0.735. The molecule has 0 spiro atoms. The van der Waals surface area contributed by atoms with Crippen LogP contribution in [0.2, 0.25) is 0 Å². The lowest BCUT2D eigenvalue weighted by Gasteiger charge is -2.28. The number of nitrogens with one attached hydrogen (secondary N) is 1. The Hall–Kier alpha value is -1.71. The number of carbonyl (C=O) groups is 1. The lowest BCUT2D eigenvalue weighted by Crippen LogP contribution is -2.41. The van der Waals surface area contributed by atoms with Gasteiger partial charge < -0.3 is 15.2 Å². The first-order chi connectivity index (χ1) is 7.22. The van der Waals surface area contributed by atoms with Crippen LogP contribution in [0.3, 0.4) is 0 Å². The molecular formula is C11H13NO3. The lowest BCUT2D eigenvalue weighted by atomic mass is 9.96. The Bertz CT molecular complexity index is 381. The summed E-state index contributed by atoms with van der Waals surface area (Å²) in [5.41, 5.74) is 0.723. The van der Waals surface area contributed by atoms with Gasteiger partial charge in [0, 0.05) is 5.56 Å². The fraction of sp³-hybridized carbons (Fsp3) is 0.364. The number of para-hydroxylation sites is 1. The minimum absolute atomic E-state index is 0.0150. The van der Waals surface area contributed by atoms with Crippen LogP contribution in [-0.4, -0.2) is 17.6 Å². The molecule has 4 nitrogen and oxygen atoms in total. The maximum atomic E-state index is 10.8. The maximum absolute atomic E-state index is 10.8. The molecule has 0 aliphatic carbocycles. The van der Waals surface area contributed by atoms with E-state index in [4.69, 9.17) is 4.74 Å². The van der Waals surface area contributed by atoms with E-state index in [1.807, 2.05) is 13.0 Å². The Kier molecular flexibility index (Phi) is 2.49. The number of carbonyl (C=O) groups excluding carboxylic acids is 1. The molecule has 1 aliphatic heterocycles. The van der Waals surface area contributed by atoms with E-state index in [1.165, 1.54) is 0 Å². The summed E-state index contributed by atoms with van der Waals surface area (Å²) >= 11 is 0. The van der Waals surface area contributed by atoms with Crippen LogP contribution in [0.5, 0.6) is 11.5 Å². The van der Waals surface area contributed by atoms with Crippen LogP contribution in [0.4, 0.5) is 0 Å². The highest BCUT2D eigenvalue weighted by Crippen LogP contribution is 2.37. The minimum Gasteiger partial charge on any atom is -0.504 e. The van der Waals surface area contributed by atoms with E-state index < -0.39 is 0 Å². The molecule has 0 saturated carbocycles. The predicted octanol–water partition coefficient (Wildman–Crippen LogP) is 1.35. The first-order valence-corrected chi connectivity index (χ1v) is 4.96. The molecule has 1 amide bonds. The van der Waals surface area contributed by atoms with E-state index in [-0.39, 0.29) is 17.7 Å². The summed E-state index contributed by atoms with van der Waals surface area (Å²) in [7, 11) is 0.